The van der Waals surface area contributed by atoms with Gasteiger partial charge in [0, 0.05) is 22.7 Å². The van der Waals surface area contributed by atoms with Crippen LogP contribution in [0.1, 0.15) is 24.5 Å². The lowest BCUT2D eigenvalue weighted by molar-refractivity contribution is -0.696. The summed E-state index contributed by atoms with van der Waals surface area (Å²) < 4.78 is 11.5. The quantitative estimate of drug-likeness (QED) is 0.303. The van der Waals surface area contributed by atoms with Crippen LogP contribution in [0.2, 0.25) is 0 Å². The van der Waals surface area contributed by atoms with Gasteiger partial charge in [-0.15, -0.1) is 9.24 Å². The number of esters is 1. The van der Waals surface area contributed by atoms with Crippen molar-refractivity contribution in [2.24, 2.45) is 20.1 Å². The molecule has 2 heterocycles. The van der Waals surface area contributed by atoms with E-state index in [0.29, 0.717) is 37.1 Å². The molecule has 3 rings (SSSR count). The summed E-state index contributed by atoms with van der Waals surface area (Å²) in [6.45, 7) is 2.83. The second-order valence-electron chi connectivity index (χ2n) is 6.38. The van der Waals surface area contributed by atoms with E-state index in [1.165, 1.54) is 11.9 Å². The van der Waals surface area contributed by atoms with Crippen LogP contribution in [0.4, 0.5) is 0 Å². The average molecular weight is 428 g/mol. The summed E-state index contributed by atoms with van der Waals surface area (Å²) in [5.41, 5.74) is 7.72. The summed E-state index contributed by atoms with van der Waals surface area (Å²) in [5.74, 6) is 1.06. The van der Waals surface area contributed by atoms with Gasteiger partial charge in [0.2, 0.25) is 5.84 Å². The normalized spacial score (nSPS) is 15.7. The zero-order valence-electron chi connectivity index (χ0n) is 16.1. The Balaban J connectivity index is 1.52. The molecule has 0 saturated carbocycles. The lowest BCUT2D eigenvalue weighted by Gasteiger charge is -2.03. The van der Waals surface area contributed by atoms with Gasteiger partial charge in [0.25, 0.3) is 0 Å². The number of hydrogen-bond acceptors (Lipinski definition) is 6. The molecule has 29 heavy (non-hydrogen) atoms. The number of pyridine rings is 1. The first-order chi connectivity index (χ1) is 14.0. The monoisotopic (exact) mass is 428 g/mol. The van der Waals surface area contributed by atoms with Crippen molar-refractivity contribution in [1.82, 2.24) is 0 Å². The number of benzene rings is 1. The van der Waals surface area contributed by atoms with Crippen LogP contribution in [0.25, 0.3) is 0 Å². The number of aliphatic imine (C=N–C) groups is 2. The van der Waals surface area contributed by atoms with Crippen molar-refractivity contribution in [3.8, 4) is 0 Å². The summed E-state index contributed by atoms with van der Waals surface area (Å²) in [6, 6.07) is 13.4. The van der Waals surface area contributed by atoms with Gasteiger partial charge in [-0.25, -0.2) is 14.6 Å². The van der Waals surface area contributed by atoms with Crippen LogP contribution in [0.5, 0.6) is 0 Å². The maximum atomic E-state index is 11.9. The molecule has 7 nitrogen and oxygen atoms in total. The molecule has 2 N–H and O–H groups in total. The van der Waals surface area contributed by atoms with Gasteiger partial charge < -0.3 is 10.5 Å². The number of aromatic nitrogens is 1. The van der Waals surface area contributed by atoms with Crippen molar-refractivity contribution in [2.45, 2.75) is 31.5 Å². The lowest BCUT2D eigenvalue weighted by atomic mass is 10.2. The number of aryl methyl sites for hydroxylation is 1. The van der Waals surface area contributed by atoms with Gasteiger partial charge in [0.1, 0.15) is 13.0 Å². The Bertz CT molecular complexity index is 943. The van der Waals surface area contributed by atoms with Gasteiger partial charge in [-0.3, -0.25) is 4.79 Å². The van der Waals surface area contributed by atoms with Gasteiger partial charge in [-0.05, 0) is 24.4 Å². The van der Waals surface area contributed by atoms with Gasteiger partial charge in [0.15, 0.2) is 30.6 Å². The van der Waals surface area contributed by atoms with Crippen LogP contribution in [-0.4, -0.2) is 28.5 Å². The molecule has 9 heteroatoms. The second-order valence-corrected chi connectivity index (χ2v) is 9.00. The van der Waals surface area contributed by atoms with E-state index < -0.39 is 0 Å². The second kappa shape index (κ2) is 10.3. The zero-order chi connectivity index (χ0) is 20.6. The highest BCUT2D eigenvalue weighted by molar-refractivity contribution is 8.02. The Morgan fingerprint density at radius 2 is 1.97 bits per heavy atom. The van der Waals surface area contributed by atoms with Crippen LogP contribution < -0.4 is 10.3 Å². The molecule has 0 amide bonds. The first-order valence-electron chi connectivity index (χ1n) is 9.13. The molecule has 0 radical (unpaired) electrons. The molecule has 2 unspecified atom stereocenters. The van der Waals surface area contributed by atoms with Crippen molar-refractivity contribution in [3.63, 3.8) is 0 Å². The standard InChI is InChI=1S/C20H23N5O2PS/c1-14(28)29-24-20-18(21)22-19(23-20)16-7-10-25(11-8-16)12-9-17(26)27-13-15-5-3-2-4-6-15/h2-8,10-11,14H,9,12-13,28H2,1H3,(H2,21,22,23,24)/q+1. The van der Waals surface area contributed by atoms with E-state index in [1.807, 2.05) is 66.3 Å². The smallest absolute Gasteiger partial charge is 0.312 e. The highest BCUT2D eigenvalue weighted by Gasteiger charge is 2.18. The summed E-state index contributed by atoms with van der Waals surface area (Å²) in [7, 11) is 2.65. The Hall–Kier alpha value is -2.57. The number of ether oxygens (including phenoxy) is 1. The maximum absolute atomic E-state index is 11.9. The van der Waals surface area contributed by atoms with E-state index in [4.69, 9.17) is 10.5 Å². The number of hydrogen-bond donors (Lipinski definition) is 1. The average Bonchev–Trinajstić information content (AvgIpc) is 3.11. The Morgan fingerprint density at radius 1 is 1.24 bits per heavy atom. The lowest BCUT2D eigenvalue weighted by Crippen LogP contribution is -2.34. The highest BCUT2D eigenvalue weighted by atomic mass is 32.2. The minimum atomic E-state index is -0.232. The van der Waals surface area contributed by atoms with Crippen LogP contribution in [0, 0.1) is 0 Å². The Morgan fingerprint density at radius 3 is 2.66 bits per heavy atom. The number of rotatable bonds is 8. The molecule has 0 aliphatic carbocycles. The molecule has 1 aliphatic heterocycles. The molecule has 0 saturated heterocycles. The topological polar surface area (TPSA) is 93.3 Å². The molecule has 1 aliphatic rings. The molecule has 0 bridgehead atoms. The number of carbonyl (C=O) groups excluding carboxylic acids is 1. The van der Waals surface area contributed by atoms with Crippen molar-refractivity contribution in [2.75, 3.05) is 0 Å². The van der Waals surface area contributed by atoms with E-state index in [0.717, 1.165) is 11.1 Å². The molecule has 2 atom stereocenters. The largest absolute Gasteiger partial charge is 0.461 e. The maximum Gasteiger partial charge on any atom is 0.312 e. The third-order valence-electron chi connectivity index (χ3n) is 3.94. The molecule has 2 aromatic rings. The fourth-order valence-corrected chi connectivity index (χ4v) is 3.05. The molecule has 150 valence electrons. The fraction of sp³-hybridized carbons (Fsp3) is 0.250. The molecule has 0 fully saturated rings. The van der Waals surface area contributed by atoms with E-state index in [9.17, 15) is 4.79 Å². The van der Waals surface area contributed by atoms with E-state index in [-0.39, 0.29) is 11.0 Å². The number of nitrogens with zero attached hydrogens (tertiary/aromatic N) is 4. The third-order valence-corrected chi connectivity index (χ3v) is 4.91. The van der Waals surface area contributed by atoms with Crippen molar-refractivity contribution in [1.29, 1.82) is 0 Å². The van der Waals surface area contributed by atoms with Crippen LogP contribution in [-0.2, 0) is 22.7 Å². The van der Waals surface area contributed by atoms with Gasteiger partial charge in [-0.2, -0.15) is 4.40 Å². The molecular weight excluding hydrogens is 405 g/mol. The number of carbonyl (C=O) groups is 1. The van der Waals surface area contributed by atoms with Gasteiger partial charge in [-0.1, -0.05) is 30.3 Å². The number of amidine groups is 3. The molecular formula is C20H23N5O2PS+. The number of nitrogens with two attached hydrogens (primary N) is 1. The van der Waals surface area contributed by atoms with E-state index >= 15 is 0 Å². The van der Waals surface area contributed by atoms with Crippen LogP contribution in [0.15, 0.2) is 69.2 Å². The van der Waals surface area contributed by atoms with Crippen molar-refractivity contribution in [3.05, 3.63) is 66.0 Å². The Kier molecular flexibility index (Phi) is 7.49. The third kappa shape index (κ3) is 6.48. The van der Waals surface area contributed by atoms with E-state index in [2.05, 4.69) is 23.6 Å². The summed E-state index contributed by atoms with van der Waals surface area (Å²) >= 11 is 1.38. The molecule has 1 aromatic carbocycles. The van der Waals surface area contributed by atoms with Crippen LogP contribution in [0.3, 0.4) is 0 Å². The SMILES string of the molecule is CC(P)SN=C1N=C(c2cc[n+](CCC(=O)OCc3ccccc3)cc2)N=C1N. The first-order valence-corrected chi connectivity index (χ1v) is 10.6. The van der Waals surface area contributed by atoms with Crippen LogP contribution >= 0.6 is 21.2 Å². The Labute approximate surface area is 176 Å². The van der Waals surface area contributed by atoms with E-state index in [1.54, 1.807) is 0 Å². The predicted molar refractivity (Wildman–Crippen MR) is 120 cm³/mol. The van der Waals surface area contributed by atoms with Crippen molar-refractivity contribution >= 4 is 44.7 Å². The summed E-state index contributed by atoms with van der Waals surface area (Å²) in [5, 5.41) is 0. The summed E-state index contributed by atoms with van der Waals surface area (Å²) in [4.78, 5) is 20.9. The van der Waals surface area contributed by atoms with Gasteiger partial charge >= 0.3 is 5.97 Å². The highest BCUT2D eigenvalue weighted by Crippen LogP contribution is 2.19. The zero-order valence-corrected chi connectivity index (χ0v) is 18.0. The fourth-order valence-electron chi connectivity index (χ4n) is 2.46. The minimum absolute atomic E-state index is 0.232. The summed E-state index contributed by atoms with van der Waals surface area (Å²) in [6.07, 6.45) is 4.05. The molecule has 1 aromatic heterocycles. The predicted octanol–water partition coefficient (Wildman–Crippen LogP) is 2.49. The van der Waals surface area contributed by atoms with Crippen molar-refractivity contribution < 1.29 is 14.1 Å². The first kappa shape index (κ1) is 21.1. The molecule has 0 spiro atoms. The van der Waals surface area contributed by atoms with Gasteiger partial charge in [0.05, 0.1) is 0 Å². The minimum Gasteiger partial charge on any atom is -0.461 e.